The van der Waals surface area contributed by atoms with Crippen LogP contribution in [0.5, 0.6) is 0 Å². The average molecular weight is 322 g/mol. The standard InChI is InChI=1S/C17H23FN2O3/c1-3-4-14(21)9-19-17(23)12-8-16(22)20(10-12)13-5-6-15(18)11(2)7-13/h5-7,12,14,21H,3-4,8-10H2,1-2H3,(H,19,23). The molecule has 0 bridgehead atoms. The van der Waals surface area contributed by atoms with Gasteiger partial charge in [-0.25, -0.2) is 4.39 Å². The number of aliphatic hydroxyl groups excluding tert-OH is 1. The number of hydrogen-bond donors (Lipinski definition) is 2. The molecule has 6 heteroatoms. The van der Waals surface area contributed by atoms with E-state index >= 15 is 0 Å². The Hall–Kier alpha value is -1.95. The second kappa shape index (κ2) is 7.55. The van der Waals surface area contributed by atoms with Gasteiger partial charge >= 0.3 is 0 Å². The van der Waals surface area contributed by atoms with Crippen molar-refractivity contribution in [1.82, 2.24) is 5.32 Å². The monoisotopic (exact) mass is 322 g/mol. The maximum atomic E-state index is 13.3. The first-order chi connectivity index (χ1) is 10.9. The Labute approximate surface area is 135 Å². The summed E-state index contributed by atoms with van der Waals surface area (Å²) in [6, 6.07) is 4.48. The largest absolute Gasteiger partial charge is 0.391 e. The summed E-state index contributed by atoms with van der Waals surface area (Å²) in [6.45, 7) is 4.08. The highest BCUT2D eigenvalue weighted by Crippen LogP contribution is 2.26. The van der Waals surface area contributed by atoms with E-state index in [0.29, 0.717) is 17.7 Å². The third-order valence-electron chi connectivity index (χ3n) is 4.08. The van der Waals surface area contributed by atoms with E-state index in [2.05, 4.69) is 5.32 Å². The highest BCUT2D eigenvalue weighted by atomic mass is 19.1. The van der Waals surface area contributed by atoms with Crippen molar-refractivity contribution in [1.29, 1.82) is 0 Å². The molecule has 2 amide bonds. The predicted octanol–water partition coefficient (Wildman–Crippen LogP) is 1.76. The van der Waals surface area contributed by atoms with Crippen LogP contribution in [0.2, 0.25) is 0 Å². The van der Waals surface area contributed by atoms with E-state index in [4.69, 9.17) is 0 Å². The van der Waals surface area contributed by atoms with Gasteiger partial charge < -0.3 is 15.3 Å². The van der Waals surface area contributed by atoms with Gasteiger partial charge in [-0.1, -0.05) is 13.3 Å². The highest BCUT2D eigenvalue weighted by Gasteiger charge is 2.35. The number of carbonyl (C=O) groups is 2. The molecule has 2 rings (SSSR count). The molecule has 126 valence electrons. The van der Waals surface area contributed by atoms with Crippen LogP contribution in [0.25, 0.3) is 0 Å². The average Bonchev–Trinajstić information content (AvgIpc) is 2.90. The highest BCUT2D eigenvalue weighted by molar-refractivity contribution is 6.00. The van der Waals surface area contributed by atoms with E-state index in [1.54, 1.807) is 19.1 Å². The number of aliphatic hydroxyl groups is 1. The van der Waals surface area contributed by atoms with Gasteiger partial charge in [-0.2, -0.15) is 0 Å². The maximum Gasteiger partial charge on any atom is 0.227 e. The molecule has 1 aromatic carbocycles. The summed E-state index contributed by atoms with van der Waals surface area (Å²) < 4.78 is 13.3. The van der Waals surface area contributed by atoms with Gasteiger partial charge in [0.1, 0.15) is 5.82 Å². The van der Waals surface area contributed by atoms with Crippen molar-refractivity contribution in [3.8, 4) is 0 Å². The van der Waals surface area contributed by atoms with Crippen molar-refractivity contribution in [2.75, 3.05) is 18.0 Å². The lowest BCUT2D eigenvalue weighted by Gasteiger charge is -2.18. The van der Waals surface area contributed by atoms with Gasteiger partial charge in [0.15, 0.2) is 0 Å². The van der Waals surface area contributed by atoms with Gasteiger partial charge in [-0.3, -0.25) is 9.59 Å². The van der Waals surface area contributed by atoms with E-state index in [9.17, 15) is 19.1 Å². The minimum Gasteiger partial charge on any atom is -0.391 e. The van der Waals surface area contributed by atoms with Crippen LogP contribution in [0.15, 0.2) is 18.2 Å². The van der Waals surface area contributed by atoms with Crippen LogP contribution in [0.3, 0.4) is 0 Å². The minimum atomic E-state index is -0.558. The molecule has 0 aromatic heterocycles. The molecule has 1 aliphatic rings. The Balaban J connectivity index is 1.96. The molecule has 1 aromatic rings. The number of anilines is 1. The van der Waals surface area contributed by atoms with Gasteiger partial charge in [-0.05, 0) is 37.1 Å². The van der Waals surface area contributed by atoms with Crippen LogP contribution >= 0.6 is 0 Å². The minimum absolute atomic E-state index is 0.131. The number of amides is 2. The lowest BCUT2D eigenvalue weighted by molar-refractivity contribution is -0.126. The maximum absolute atomic E-state index is 13.3. The van der Waals surface area contributed by atoms with Crippen LogP contribution in [0.4, 0.5) is 10.1 Å². The van der Waals surface area contributed by atoms with Gasteiger partial charge in [0.05, 0.1) is 12.0 Å². The number of hydrogen-bond acceptors (Lipinski definition) is 3. The van der Waals surface area contributed by atoms with Gasteiger partial charge in [0.2, 0.25) is 11.8 Å². The van der Waals surface area contributed by atoms with E-state index in [1.807, 2.05) is 6.92 Å². The summed E-state index contributed by atoms with van der Waals surface area (Å²) in [4.78, 5) is 25.8. The third kappa shape index (κ3) is 4.28. The van der Waals surface area contributed by atoms with Crippen LogP contribution in [-0.2, 0) is 9.59 Å². The van der Waals surface area contributed by atoms with Crippen LogP contribution in [0.1, 0.15) is 31.7 Å². The Kier molecular flexibility index (Phi) is 5.71. The lowest BCUT2D eigenvalue weighted by atomic mass is 10.1. The summed E-state index contributed by atoms with van der Waals surface area (Å²) in [7, 11) is 0. The summed E-state index contributed by atoms with van der Waals surface area (Å²) in [5.41, 5.74) is 1.07. The normalized spacial score (nSPS) is 19.0. The second-order valence-corrected chi connectivity index (χ2v) is 6.03. The van der Waals surface area contributed by atoms with Gasteiger partial charge in [0, 0.05) is 25.2 Å². The first kappa shape index (κ1) is 17.4. The molecule has 2 N–H and O–H groups in total. The van der Waals surface area contributed by atoms with Gasteiger partial charge in [-0.15, -0.1) is 0 Å². The zero-order valence-corrected chi connectivity index (χ0v) is 13.5. The predicted molar refractivity (Wildman–Crippen MR) is 85.5 cm³/mol. The molecule has 1 aliphatic heterocycles. The molecule has 0 aliphatic carbocycles. The lowest BCUT2D eigenvalue weighted by Crippen LogP contribution is -2.37. The molecular weight excluding hydrogens is 299 g/mol. The molecule has 2 atom stereocenters. The van der Waals surface area contributed by atoms with Crippen molar-refractivity contribution < 1.29 is 19.1 Å². The number of nitrogens with zero attached hydrogens (tertiary/aromatic N) is 1. The second-order valence-electron chi connectivity index (χ2n) is 6.03. The molecule has 23 heavy (non-hydrogen) atoms. The molecule has 5 nitrogen and oxygen atoms in total. The Morgan fingerprint density at radius 1 is 1.52 bits per heavy atom. The topological polar surface area (TPSA) is 69.6 Å². The van der Waals surface area contributed by atoms with E-state index in [-0.39, 0.29) is 37.1 Å². The molecule has 1 saturated heterocycles. The number of benzene rings is 1. The van der Waals surface area contributed by atoms with E-state index < -0.39 is 12.0 Å². The number of rotatable bonds is 6. The van der Waals surface area contributed by atoms with Crippen LogP contribution in [0, 0.1) is 18.7 Å². The molecule has 1 heterocycles. The van der Waals surface area contributed by atoms with Crippen molar-refractivity contribution >= 4 is 17.5 Å². The Morgan fingerprint density at radius 2 is 2.26 bits per heavy atom. The molecular formula is C17H23FN2O3. The zero-order valence-electron chi connectivity index (χ0n) is 13.5. The van der Waals surface area contributed by atoms with Crippen molar-refractivity contribution in [3.05, 3.63) is 29.6 Å². The number of aryl methyl sites for hydroxylation is 1. The van der Waals surface area contributed by atoms with Gasteiger partial charge in [0.25, 0.3) is 0 Å². The third-order valence-corrected chi connectivity index (χ3v) is 4.08. The van der Waals surface area contributed by atoms with Crippen molar-refractivity contribution in [2.24, 2.45) is 5.92 Å². The molecule has 0 saturated carbocycles. The fourth-order valence-corrected chi connectivity index (χ4v) is 2.73. The van der Waals surface area contributed by atoms with Crippen LogP contribution < -0.4 is 10.2 Å². The smallest absolute Gasteiger partial charge is 0.227 e. The Bertz CT molecular complexity index is 591. The Morgan fingerprint density at radius 3 is 2.91 bits per heavy atom. The number of carbonyl (C=O) groups excluding carboxylic acids is 2. The summed E-state index contributed by atoms with van der Waals surface area (Å²) in [5.74, 6) is -1.14. The summed E-state index contributed by atoms with van der Waals surface area (Å²) >= 11 is 0. The first-order valence-electron chi connectivity index (χ1n) is 7.94. The summed E-state index contributed by atoms with van der Waals surface area (Å²) in [5, 5.41) is 12.3. The quantitative estimate of drug-likeness (QED) is 0.838. The SMILES string of the molecule is CCCC(O)CNC(=O)C1CC(=O)N(c2ccc(F)c(C)c2)C1. The number of halogens is 1. The fourth-order valence-electron chi connectivity index (χ4n) is 2.73. The molecule has 0 radical (unpaired) electrons. The molecule has 0 spiro atoms. The molecule has 2 unspecified atom stereocenters. The number of nitrogens with one attached hydrogen (secondary N) is 1. The van der Waals surface area contributed by atoms with Crippen LogP contribution in [-0.4, -0.2) is 36.1 Å². The van der Waals surface area contributed by atoms with Crippen molar-refractivity contribution in [2.45, 2.75) is 39.2 Å². The summed E-state index contributed by atoms with van der Waals surface area (Å²) in [6.07, 6.45) is 1.05. The van der Waals surface area contributed by atoms with Crippen molar-refractivity contribution in [3.63, 3.8) is 0 Å². The zero-order chi connectivity index (χ0) is 17.0. The fraction of sp³-hybridized carbons (Fsp3) is 0.529. The van der Waals surface area contributed by atoms with E-state index in [1.165, 1.54) is 11.0 Å². The molecule has 1 fully saturated rings. The van der Waals surface area contributed by atoms with E-state index in [0.717, 1.165) is 6.42 Å². The first-order valence-corrected chi connectivity index (χ1v) is 7.94.